The van der Waals surface area contributed by atoms with Crippen LogP contribution in [0.2, 0.25) is 0 Å². The molecule has 0 radical (unpaired) electrons. The zero-order valence-corrected chi connectivity index (χ0v) is 8.48. The predicted molar refractivity (Wildman–Crippen MR) is 49.5 cm³/mol. The molecule has 3 nitrogen and oxygen atoms in total. The molecule has 0 aliphatic rings. The molecule has 0 aromatic carbocycles. The predicted octanol–water partition coefficient (Wildman–Crippen LogP) is 2.46. The number of carbonyl (C=O) groups excluding carboxylic acids is 1. The van der Waals surface area contributed by atoms with Gasteiger partial charge in [-0.15, -0.1) is 0 Å². The Morgan fingerprint density at radius 3 is 2.00 bits per heavy atom. The molecule has 0 spiro atoms. The number of aliphatic hydroxyl groups is 2. The summed E-state index contributed by atoms with van der Waals surface area (Å²) < 4.78 is -0.889. The number of unbranched alkanes of at least 4 members (excludes halogenated alkanes) is 2. The van der Waals surface area contributed by atoms with E-state index in [1.54, 1.807) is 0 Å². The van der Waals surface area contributed by atoms with Gasteiger partial charge < -0.3 is 10.2 Å². The van der Waals surface area contributed by atoms with Gasteiger partial charge in [0.15, 0.2) is 6.29 Å². The molecular formula is C7H14Cl2O3. The van der Waals surface area contributed by atoms with Crippen molar-refractivity contribution in [1.82, 2.24) is 0 Å². The van der Waals surface area contributed by atoms with Gasteiger partial charge in [-0.1, -0.05) is 19.8 Å². The molecule has 0 aliphatic heterocycles. The smallest absolute Gasteiger partial charge is 0.313 e. The summed E-state index contributed by atoms with van der Waals surface area (Å²) in [6.45, 7) is 2.09. The molecule has 0 heterocycles. The fourth-order valence-corrected chi connectivity index (χ4v) is 0.577. The van der Waals surface area contributed by atoms with Gasteiger partial charge in [0.2, 0.25) is 0 Å². The van der Waals surface area contributed by atoms with Gasteiger partial charge in [-0.05, 0) is 36.0 Å². The summed E-state index contributed by atoms with van der Waals surface area (Å²) in [7, 11) is 0. The number of halogens is 2. The van der Waals surface area contributed by atoms with Crippen molar-refractivity contribution in [2.45, 2.75) is 38.9 Å². The number of rotatable bonds is 4. The van der Waals surface area contributed by atoms with Gasteiger partial charge in [0.1, 0.15) is 0 Å². The van der Waals surface area contributed by atoms with Gasteiger partial charge in [-0.2, -0.15) is 0 Å². The van der Waals surface area contributed by atoms with E-state index in [-0.39, 0.29) is 0 Å². The number of aliphatic hydroxyl groups excluding tert-OH is 1. The van der Waals surface area contributed by atoms with Crippen molar-refractivity contribution in [3.8, 4) is 0 Å². The maximum absolute atomic E-state index is 8.98. The van der Waals surface area contributed by atoms with Gasteiger partial charge in [0.25, 0.3) is 0 Å². The number of hydrogen-bond acceptors (Lipinski definition) is 3. The molecule has 5 heteroatoms. The molecule has 0 aromatic rings. The third-order valence-electron chi connectivity index (χ3n) is 1.07. The van der Waals surface area contributed by atoms with Gasteiger partial charge in [-0.3, -0.25) is 4.79 Å². The van der Waals surface area contributed by atoms with Gasteiger partial charge in [-0.25, -0.2) is 0 Å². The highest BCUT2D eigenvalue weighted by Crippen LogP contribution is 1.99. The van der Waals surface area contributed by atoms with E-state index in [1.165, 1.54) is 0 Å². The van der Waals surface area contributed by atoms with Crippen LogP contribution in [0.15, 0.2) is 0 Å². The van der Waals surface area contributed by atoms with Crippen LogP contribution in [0.25, 0.3) is 0 Å². The van der Waals surface area contributed by atoms with Crippen molar-refractivity contribution in [2.24, 2.45) is 0 Å². The summed E-state index contributed by atoms with van der Waals surface area (Å²) >= 11 is 8.80. The minimum Gasteiger partial charge on any atom is -0.368 e. The van der Waals surface area contributed by atoms with E-state index in [2.05, 4.69) is 30.1 Å². The van der Waals surface area contributed by atoms with Crippen LogP contribution in [-0.2, 0) is 0 Å². The Balaban J connectivity index is 0. The zero-order chi connectivity index (χ0) is 9.98. The average Bonchev–Trinajstić information content (AvgIpc) is 1.86. The minimum atomic E-state index is -1.10. The number of hydrogen-bond donors (Lipinski definition) is 2. The second-order valence-corrected chi connectivity index (χ2v) is 3.08. The molecule has 0 fully saturated rings. The highest BCUT2D eigenvalue weighted by Gasteiger charge is 1.93. The molecular weight excluding hydrogens is 203 g/mol. The first kappa shape index (κ1) is 14.7. The normalized spacial score (nSPS) is 9.17. The Bertz CT molecular complexity index is 103. The second-order valence-electron chi connectivity index (χ2n) is 2.20. The van der Waals surface area contributed by atoms with E-state index < -0.39 is 11.0 Å². The zero-order valence-electron chi connectivity index (χ0n) is 6.96. The lowest BCUT2D eigenvalue weighted by molar-refractivity contribution is -0.0465. The van der Waals surface area contributed by atoms with Gasteiger partial charge in [0.05, 0.1) is 0 Å². The Kier molecular flexibility index (Phi) is 13.7. The van der Waals surface area contributed by atoms with Gasteiger partial charge >= 0.3 is 4.70 Å². The van der Waals surface area contributed by atoms with Crippen LogP contribution >= 0.6 is 23.2 Å². The van der Waals surface area contributed by atoms with Crippen LogP contribution in [0, 0.1) is 0 Å². The largest absolute Gasteiger partial charge is 0.368 e. The highest BCUT2D eigenvalue weighted by atomic mass is 35.5. The summed E-state index contributed by atoms with van der Waals surface area (Å²) in [5.74, 6) is 0. The molecule has 0 saturated carbocycles. The summed E-state index contributed by atoms with van der Waals surface area (Å²) in [4.78, 5) is 8.98. The maximum Gasteiger partial charge on any atom is 0.313 e. The molecule has 0 rings (SSSR count). The summed E-state index contributed by atoms with van der Waals surface area (Å²) in [6.07, 6.45) is 2.58. The maximum atomic E-state index is 8.98. The lowest BCUT2D eigenvalue weighted by Gasteiger charge is -1.99. The second kappa shape index (κ2) is 11.2. The van der Waals surface area contributed by atoms with Gasteiger partial charge in [0, 0.05) is 0 Å². The van der Waals surface area contributed by atoms with E-state index in [9.17, 15) is 0 Å². The van der Waals surface area contributed by atoms with E-state index in [1.807, 2.05) is 0 Å². The summed E-state index contributed by atoms with van der Waals surface area (Å²) in [5.41, 5.74) is 0. The monoisotopic (exact) mass is 216 g/mol. The third kappa shape index (κ3) is 32.0. The quantitative estimate of drug-likeness (QED) is 0.432. The Hall–Kier alpha value is 0.170. The number of carbonyl (C=O) groups is 1. The van der Waals surface area contributed by atoms with Crippen LogP contribution in [0.1, 0.15) is 32.6 Å². The molecule has 0 saturated heterocycles. The van der Waals surface area contributed by atoms with E-state index in [0.717, 1.165) is 19.3 Å². The first-order valence-electron chi connectivity index (χ1n) is 3.71. The van der Waals surface area contributed by atoms with E-state index in [4.69, 9.17) is 15.0 Å². The van der Waals surface area contributed by atoms with Crippen LogP contribution < -0.4 is 0 Å². The average molecular weight is 217 g/mol. The molecule has 0 aromatic heterocycles. The molecule has 2 N–H and O–H groups in total. The Labute approximate surface area is 82.3 Å². The molecule has 0 amide bonds. The Morgan fingerprint density at radius 2 is 1.75 bits per heavy atom. The SMILES string of the molecule is CCCCCC(O)O.O=C(Cl)Cl. The summed E-state index contributed by atoms with van der Waals surface area (Å²) in [5, 5.41) is 16.7. The fourth-order valence-electron chi connectivity index (χ4n) is 0.577. The van der Waals surface area contributed by atoms with Crippen molar-refractivity contribution >= 4 is 27.9 Å². The van der Waals surface area contributed by atoms with Crippen LogP contribution in [0.4, 0.5) is 4.79 Å². The standard InChI is InChI=1S/C6H14O2.CCl2O/c1-2-3-4-5-6(7)8;2-1(3)4/h6-8H,2-5H2,1H3;. The third-order valence-corrected chi connectivity index (χ3v) is 1.07. The highest BCUT2D eigenvalue weighted by molar-refractivity contribution is 6.93. The van der Waals surface area contributed by atoms with E-state index >= 15 is 0 Å². The summed E-state index contributed by atoms with van der Waals surface area (Å²) in [6, 6.07) is 0. The van der Waals surface area contributed by atoms with Crippen LogP contribution in [0.3, 0.4) is 0 Å². The van der Waals surface area contributed by atoms with Crippen molar-refractivity contribution in [2.75, 3.05) is 0 Å². The first-order chi connectivity index (χ1) is 5.50. The topological polar surface area (TPSA) is 57.5 Å². The van der Waals surface area contributed by atoms with Crippen molar-refractivity contribution in [3.05, 3.63) is 0 Å². The molecule has 12 heavy (non-hydrogen) atoms. The lowest BCUT2D eigenvalue weighted by Crippen LogP contribution is -2.02. The van der Waals surface area contributed by atoms with Crippen LogP contribution in [-0.4, -0.2) is 21.2 Å². The van der Waals surface area contributed by atoms with E-state index in [0.29, 0.717) is 6.42 Å². The molecule has 74 valence electrons. The van der Waals surface area contributed by atoms with Crippen molar-refractivity contribution in [1.29, 1.82) is 0 Å². The lowest BCUT2D eigenvalue weighted by atomic mass is 10.2. The first-order valence-corrected chi connectivity index (χ1v) is 4.47. The van der Waals surface area contributed by atoms with Crippen molar-refractivity contribution in [3.63, 3.8) is 0 Å². The van der Waals surface area contributed by atoms with Crippen LogP contribution in [0.5, 0.6) is 0 Å². The fraction of sp³-hybridized carbons (Fsp3) is 0.857. The molecule has 0 unspecified atom stereocenters. The Morgan fingerprint density at radius 1 is 1.33 bits per heavy atom. The molecule has 0 bridgehead atoms. The minimum absolute atomic E-state index is 0.522. The molecule has 0 atom stereocenters. The van der Waals surface area contributed by atoms with Crippen molar-refractivity contribution < 1.29 is 15.0 Å². The molecule has 0 aliphatic carbocycles.